The summed E-state index contributed by atoms with van der Waals surface area (Å²) in [4.78, 5) is 0. The van der Waals surface area contributed by atoms with Crippen LogP contribution in [0.5, 0.6) is 5.75 Å². The van der Waals surface area contributed by atoms with Crippen molar-refractivity contribution in [3.05, 3.63) is 21.8 Å². The van der Waals surface area contributed by atoms with Crippen molar-refractivity contribution in [3.8, 4) is 5.75 Å². The molecule has 0 fully saturated rings. The molecule has 0 radical (unpaired) electrons. The van der Waals surface area contributed by atoms with E-state index in [2.05, 4.69) is 22.6 Å². The van der Waals surface area contributed by atoms with Gasteiger partial charge in [0, 0.05) is 9.03 Å². The van der Waals surface area contributed by atoms with Gasteiger partial charge < -0.3 is 14.8 Å². The Hall–Kier alpha value is -0.265. The van der Waals surface area contributed by atoms with Crippen molar-refractivity contribution in [2.75, 3.05) is 7.11 Å². The van der Waals surface area contributed by atoms with Crippen molar-refractivity contribution in [2.45, 2.75) is 0 Å². The summed E-state index contributed by atoms with van der Waals surface area (Å²) in [5, 5.41) is 17.9. The fourth-order valence-corrected chi connectivity index (χ4v) is 1.42. The Bertz CT molecular complexity index is 277. The van der Waals surface area contributed by atoms with Gasteiger partial charge in [-0.25, -0.2) is 0 Å². The zero-order chi connectivity index (χ0) is 9.14. The third kappa shape index (κ3) is 2.12. The second-order valence-corrected chi connectivity index (χ2v) is 3.51. The number of methoxy groups -OCH3 is 1. The van der Waals surface area contributed by atoms with Gasteiger partial charge in [-0.1, -0.05) is 0 Å². The van der Waals surface area contributed by atoms with Crippen LogP contribution in [0.15, 0.2) is 18.2 Å². The zero-order valence-electron chi connectivity index (χ0n) is 6.49. The third-order valence-electron chi connectivity index (χ3n) is 1.47. The van der Waals surface area contributed by atoms with Crippen LogP contribution in [-0.2, 0) is 0 Å². The molecule has 0 aliphatic heterocycles. The lowest BCUT2D eigenvalue weighted by atomic mass is 9.80. The Labute approximate surface area is 84.7 Å². The highest BCUT2D eigenvalue weighted by Crippen LogP contribution is 2.11. The molecule has 3 nitrogen and oxygen atoms in total. The molecule has 0 aliphatic rings. The molecule has 2 N–H and O–H groups in total. The molecule has 12 heavy (non-hydrogen) atoms. The predicted octanol–water partition coefficient (Wildman–Crippen LogP) is -0.0204. The number of rotatable bonds is 2. The lowest BCUT2D eigenvalue weighted by Gasteiger charge is -2.07. The largest absolute Gasteiger partial charge is 0.497 e. The second kappa shape index (κ2) is 4.11. The van der Waals surface area contributed by atoms with Gasteiger partial charge in [-0.3, -0.25) is 0 Å². The number of halogens is 1. The Balaban J connectivity index is 3.12. The highest BCUT2D eigenvalue weighted by atomic mass is 127. The molecule has 0 bridgehead atoms. The number of benzene rings is 1. The zero-order valence-corrected chi connectivity index (χ0v) is 8.65. The molecular weight excluding hydrogens is 270 g/mol. The van der Waals surface area contributed by atoms with E-state index >= 15 is 0 Å². The fraction of sp³-hybridized carbons (Fsp3) is 0.143. The minimum absolute atomic E-state index is 0.393. The van der Waals surface area contributed by atoms with Crippen molar-refractivity contribution in [1.29, 1.82) is 0 Å². The first-order chi connectivity index (χ1) is 5.65. The van der Waals surface area contributed by atoms with Gasteiger partial charge in [-0.05, 0) is 40.8 Å². The lowest BCUT2D eigenvalue weighted by Crippen LogP contribution is -2.31. The molecule has 0 aliphatic carbocycles. The van der Waals surface area contributed by atoms with E-state index < -0.39 is 7.12 Å². The van der Waals surface area contributed by atoms with E-state index in [4.69, 9.17) is 14.8 Å². The Morgan fingerprint density at radius 1 is 1.42 bits per heavy atom. The standard InChI is InChI=1S/C7H8BIO3/c1-12-7-3-2-5(9)4-6(7)8(10)11/h2-4,10-11H,1H3. The van der Waals surface area contributed by atoms with Gasteiger partial charge in [0.1, 0.15) is 5.75 Å². The monoisotopic (exact) mass is 278 g/mol. The minimum Gasteiger partial charge on any atom is -0.497 e. The summed E-state index contributed by atoms with van der Waals surface area (Å²) in [7, 11) is 0.0170. The average molecular weight is 278 g/mol. The molecule has 0 atom stereocenters. The lowest BCUT2D eigenvalue weighted by molar-refractivity contribution is 0.403. The summed E-state index contributed by atoms with van der Waals surface area (Å²) >= 11 is 2.09. The van der Waals surface area contributed by atoms with Crippen LogP contribution in [0.3, 0.4) is 0 Å². The maximum absolute atomic E-state index is 8.93. The maximum Gasteiger partial charge on any atom is 0.492 e. The van der Waals surface area contributed by atoms with Crippen LogP contribution < -0.4 is 10.2 Å². The van der Waals surface area contributed by atoms with Crippen LogP contribution in [0.1, 0.15) is 0 Å². The molecule has 0 unspecified atom stereocenters. The molecule has 0 spiro atoms. The van der Waals surface area contributed by atoms with E-state index in [0.717, 1.165) is 3.57 Å². The number of ether oxygens (including phenoxy) is 1. The van der Waals surface area contributed by atoms with E-state index in [1.54, 1.807) is 12.1 Å². The van der Waals surface area contributed by atoms with Crippen molar-refractivity contribution in [2.24, 2.45) is 0 Å². The molecule has 0 saturated carbocycles. The first-order valence-corrected chi connectivity index (χ1v) is 4.42. The van der Waals surface area contributed by atoms with Crippen LogP contribution in [0.25, 0.3) is 0 Å². The molecule has 64 valence electrons. The van der Waals surface area contributed by atoms with Crippen LogP contribution >= 0.6 is 22.6 Å². The average Bonchev–Trinajstić information content (AvgIpc) is 2.04. The summed E-state index contributed by atoms with van der Waals surface area (Å²) in [5.41, 5.74) is 0.393. The van der Waals surface area contributed by atoms with Gasteiger partial charge in [0.05, 0.1) is 7.11 Å². The minimum atomic E-state index is -1.48. The van der Waals surface area contributed by atoms with Crippen molar-refractivity contribution in [3.63, 3.8) is 0 Å². The SMILES string of the molecule is COc1ccc(I)cc1B(O)O. The molecule has 1 rings (SSSR count). The van der Waals surface area contributed by atoms with Crippen LogP contribution in [0.4, 0.5) is 0 Å². The van der Waals surface area contributed by atoms with Crippen LogP contribution in [0, 0.1) is 3.57 Å². The maximum atomic E-state index is 8.93. The van der Waals surface area contributed by atoms with Gasteiger partial charge in [-0.15, -0.1) is 0 Å². The van der Waals surface area contributed by atoms with E-state index in [0.29, 0.717) is 11.2 Å². The van der Waals surface area contributed by atoms with E-state index in [1.807, 2.05) is 6.07 Å². The Morgan fingerprint density at radius 3 is 2.58 bits per heavy atom. The molecule has 5 heteroatoms. The predicted molar refractivity (Wildman–Crippen MR) is 55.5 cm³/mol. The van der Waals surface area contributed by atoms with E-state index in [9.17, 15) is 0 Å². The summed E-state index contributed by atoms with van der Waals surface area (Å²) in [6.07, 6.45) is 0. The summed E-state index contributed by atoms with van der Waals surface area (Å²) in [5.74, 6) is 0.491. The van der Waals surface area contributed by atoms with Gasteiger partial charge in [0.15, 0.2) is 0 Å². The Morgan fingerprint density at radius 2 is 2.08 bits per heavy atom. The molecule has 0 saturated heterocycles. The van der Waals surface area contributed by atoms with Crippen molar-refractivity contribution >= 4 is 35.2 Å². The summed E-state index contributed by atoms with van der Waals surface area (Å²) in [6.45, 7) is 0. The molecule has 0 aromatic heterocycles. The van der Waals surface area contributed by atoms with E-state index in [-0.39, 0.29) is 0 Å². The van der Waals surface area contributed by atoms with Gasteiger partial charge >= 0.3 is 7.12 Å². The van der Waals surface area contributed by atoms with Gasteiger partial charge in [0.25, 0.3) is 0 Å². The molecule has 0 amide bonds. The quantitative estimate of drug-likeness (QED) is 0.590. The summed E-state index contributed by atoms with van der Waals surface area (Å²) in [6, 6.07) is 5.21. The van der Waals surface area contributed by atoms with Crippen LogP contribution in [0.2, 0.25) is 0 Å². The van der Waals surface area contributed by atoms with Crippen molar-refractivity contribution in [1.82, 2.24) is 0 Å². The number of hydrogen-bond donors (Lipinski definition) is 2. The Kier molecular flexibility index (Phi) is 3.36. The normalized spacial score (nSPS) is 9.67. The first kappa shape index (κ1) is 9.82. The summed E-state index contributed by atoms with van der Waals surface area (Å²) < 4.78 is 5.88. The highest BCUT2D eigenvalue weighted by Gasteiger charge is 2.16. The van der Waals surface area contributed by atoms with Crippen molar-refractivity contribution < 1.29 is 14.8 Å². The van der Waals surface area contributed by atoms with Gasteiger partial charge in [-0.2, -0.15) is 0 Å². The molecular formula is C7H8BIO3. The third-order valence-corrected chi connectivity index (χ3v) is 2.14. The fourth-order valence-electron chi connectivity index (χ4n) is 0.907. The molecule has 0 heterocycles. The smallest absolute Gasteiger partial charge is 0.492 e. The van der Waals surface area contributed by atoms with Gasteiger partial charge in [0.2, 0.25) is 0 Å². The second-order valence-electron chi connectivity index (χ2n) is 2.26. The first-order valence-electron chi connectivity index (χ1n) is 3.34. The topological polar surface area (TPSA) is 49.7 Å². The van der Waals surface area contributed by atoms with E-state index in [1.165, 1.54) is 7.11 Å². The molecule has 1 aromatic rings. The molecule has 1 aromatic carbocycles. The number of hydrogen-bond acceptors (Lipinski definition) is 3. The van der Waals surface area contributed by atoms with Crippen LogP contribution in [-0.4, -0.2) is 24.3 Å². The highest BCUT2D eigenvalue weighted by molar-refractivity contribution is 14.1.